The summed E-state index contributed by atoms with van der Waals surface area (Å²) in [6, 6.07) is 0. The van der Waals surface area contributed by atoms with Crippen LogP contribution < -0.4 is 0 Å². The Labute approximate surface area is 97.6 Å². The first-order valence-electron chi connectivity index (χ1n) is 4.01. The minimum Gasteiger partial charge on any atom is -0.466 e. The van der Waals surface area contributed by atoms with Crippen LogP contribution in [0, 0.1) is 5.92 Å². The van der Waals surface area contributed by atoms with Gasteiger partial charge in [0.1, 0.15) is 11.7 Å². The third kappa shape index (κ3) is 5.03. The minimum absolute atomic E-state index is 0.130. The maximum Gasteiger partial charge on any atom is 0.313 e. The van der Waals surface area contributed by atoms with Gasteiger partial charge in [-0.25, -0.2) is 0 Å². The van der Waals surface area contributed by atoms with Gasteiger partial charge in [0.2, 0.25) is 3.79 Å². The van der Waals surface area contributed by atoms with Crippen LogP contribution in [0.4, 0.5) is 0 Å². The Morgan fingerprint density at radius 1 is 1.36 bits per heavy atom. The number of Topliss-reactive ketones (excluding diaryl/α,β-unsaturated/α-hetero) is 1. The van der Waals surface area contributed by atoms with Crippen LogP contribution in [0.3, 0.4) is 0 Å². The summed E-state index contributed by atoms with van der Waals surface area (Å²) in [5.41, 5.74) is 0. The third-order valence-electron chi connectivity index (χ3n) is 1.46. The molecule has 0 spiro atoms. The average Bonchev–Trinajstić information content (AvgIpc) is 1.98. The fraction of sp³-hybridized carbons (Fsp3) is 0.750. The molecule has 6 heteroatoms. The molecule has 0 radical (unpaired) electrons. The monoisotopic (exact) mass is 260 g/mol. The van der Waals surface area contributed by atoms with Gasteiger partial charge in [0, 0.05) is 6.42 Å². The van der Waals surface area contributed by atoms with E-state index >= 15 is 0 Å². The van der Waals surface area contributed by atoms with Crippen LogP contribution in [0.1, 0.15) is 20.3 Å². The van der Waals surface area contributed by atoms with Gasteiger partial charge in [0.25, 0.3) is 0 Å². The second-order valence-corrected chi connectivity index (χ2v) is 5.12. The predicted octanol–water partition coefficient (Wildman–Crippen LogP) is 2.52. The van der Waals surface area contributed by atoms with E-state index in [1.807, 2.05) is 0 Å². The van der Waals surface area contributed by atoms with Gasteiger partial charge in [-0.05, 0) is 13.8 Å². The van der Waals surface area contributed by atoms with E-state index in [0.717, 1.165) is 0 Å². The fourth-order valence-corrected chi connectivity index (χ4v) is 1.36. The van der Waals surface area contributed by atoms with E-state index in [4.69, 9.17) is 34.8 Å². The highest BCUT2D eigenvalue weighted by Gasteiger charge is 2.40. The van der Waals surface area contributed by atoms with Crippen molar-refractivity contribution in [2.75, 3.05) is 6.61 Å². The van der Waals surface area contributed by atoms with Gasteiger partial charge >= 0.3 is 5.97 Å². The second-order valence-electron chi connectivity index (χ2n) is 2.75. The first-order chi connectivity index (χ1) is 6.29. The van der Waals surface area contributed by atoms with Crippen LogP contribution in [0.15, 0.2) is 0 Å². The standard InChI is InChI=1S/C8H11Cl3O3/c1-3-14-7(13)6(4-5(2)12)8(9,10)11/h6H,3-4H2,1-2H3. The molecule has 0 fully saturated rings. The van der Waals surface area contributed by atoms with E-state index in [1.54, 1.807) is 6.92 Å². The van der Waals surface area contributed by atoms with Crippen molar-refractivity contribution in [1.82, 2.24) is 0 Å². The lowest BCUT2D eigenvalue weighted by atomic mass is 10.1. The summed E-state index contributed by atoms with van der Waals surface area (Å²) >= 11 is 16.7. The molecule has 0 saturated heterocycles. The van der Waals surface area contributed by atoms with Crippen LogP contribution in [-0.2, 0) is 14.3 Å². The van der Waals surface area contributed by atoms with E-state index in [-0.39, 0.29) is 18.8 Å². The second kappa shape index (κ2) is 5.79. The largest absolute Gasteiger partial charge is 0.466 e. The van der Waals surface area contributed by atoms with Crippen molar-refractivity contribution in [3.8, 4) is 0 Å². The van der Waals surface area contributed by atoms with Crippen molar-refractivity contribution >= 4 is 46.6 Å². The predicted molar refractivity (Wildman–Crippen MR) is 55.7 cm³/mol. The van der Waals surface area contributed by atoms with Crippen LogP contribution in [0.25, 0.3) is 0 Å². The van der Waals surface area contributed by atoms with Gasteiger partial charge in [-0.3, -0.25) is 9.59 Å². The Balaban J connectivity index is 4.55. The Bertz CT molecular complexity index is 222. The number of ketones is 1. The lowest BCUT2D eigenvalue weighted by Crippen LogP contribution is -2.31. The van der Waals surface area contributed by atoms with Crippen molar-refractivity contribution in [2.24, 2.45) is 5.92 Å². The molecule has 0 saturated carbocycles. The molecule has 0 aromatic rings. The molecule has 0 N–H and O–H groups in total. The molecule has 0 aliphatic heterocycles. The van der Waals surface area contributed by atoms with Crippen LogP contribution in [0.2, 0.25) is 0 Å². The van der Waals surface area contributed by atoms with Gasteiger partial charge in [-0.15, -0.1) is 0 Å². The maximum atomic E-state index is 11.3. The number of rotatable bonds is 4. The molecule has 0 amide bonds. The Hall–Kier alpha value is 0.01000. The van der Waals surface area contributed by atoms with E-state index in [1.165, 1.54) is 6.92 Å². The van der Waals surface area contributed by atoms with Crippen molar-refractivity contribution in [2.45, 2.75) is 24.1 Å². The van der Waals surface area contributed by atoms with Gasteiger partial charge in [0.05, 0.1) is 6.61 Å². The summed E-state index contributed by atoms with van der Waals surface area (Å²) in [6.45, 7) is 3.15. The molecule has 1 atom stereocenters. The molecule has 0 heterocycles. The highest BCUT2D eigenvalue weighted by molar-refractivity contribution is 6.68. The number of alkyl halides is 3. The van der Waals surface area contributed by atoms with Crippen LogP contribution in [-0.4, -0.2) is 22.2 Å². The van der Waals surface area contributed by atoms with E-state index in [9.17, 15) is 9.59 Å². The van der Waals surface area contributed by atoms with Crippen molar-refractivity contribution in [1.29, 1.82) is 0 Å². The summed E-state index contributed by atoms with van der Waals surface area (Å²) in [4.78, 5) is 22.1. The highest BCUT2D eigenvalue weighted by Crippen LogP contribution is 2.37. The number of esters is 1. The molecule has 0 bridgehead atoms. The first kappa shape index (κ1) is 14.0. The summed E-state index contributed by atoms with van der Waals surface area (Å²) in [5.74, 6) is -1.93. The third-order valence-corrected chi connectivity index (χ3v) is 2.25. The van der Waals surface area contributed by atoms with Gasteiger partial charge in [-0.1, -0.05) is 34.8 Å². The van der Waals surface area contributed by atoms with E-state index < -0.39 is 15.7 Å². The number of hydrogen-bond donors (Lipinski definition) is 0. The van der Waals surface area contributed by atoms with Crippen molar-refractivity contribution in [3.05, 3.63) is 0 Å². The molecule has 82 valence electrons. The molecule has 0 aromatic heterocycles. The average molecular weight is 262 g/mol. The van der Waals surface area contributed by atoms with E-state index in [0.29, 0.717) is 0 Å². The maximum absolute atomic E-state index is 11.3. The van der Waals surface area contributed by atoms with Crippen LogP contribution in [0.5, 0.6) is 0 Å². The lowest BCUT2D eigenvalue weighted by Gasteiger charge is -2.21. The van der Waals surface area contributed by atoms with Gasteiger partial charge < -0.3 is 4.74 Å². The minimum atomic E-state index is -1.81. The SMILES string of the molecule is CCOC(=O)C(CC(C)=O)C(Cl)(Cl)Cl. The quantitative estimate of drug-likeness (QED) is 0.577. The Morgan fingerprint density at radius 2 is 1.86 bits per heavy atom. The zero-order chi connectivity index (χ0) is 11.4. The summed E-state index contributed by atoms with van der Waals surface area (Å²) in [7, 11) is 0. The molecule has 0 aliphatic carbocycles. The lowest BCUT2D eigenvalue weighted by molar-refractivity contribution is -0.149. The number of carbonyl (C=O) groups is 2. The topological polar surface area (TPSA) is 43.4 Å². The number of hydrogen-bond acceptors (Lipinski definition) is 3. The molecule has 1 unspecified atom stereocenters. The summed E-state index contributed by atoms with van der Waals surface area (Å²) < 4.78 is 2.88. The molecule has 3 nitrogen and oxygen atoms in total. The molecular formula is C8H11Cl3O3. The molecule has 0 aliphatic rings. The van der Waals surface area contributed by atoms with Gasteiger partial charge in [-0.2, -0.15) is 0 Å². The summed E-state index contributed by atoms with van der Waals surface area (Å²) in [6.07, 6.45) is -0.130. The summed E-state index contributed by atoms with van der Waals surface area (Å²) in [5, 5.41) is 0. The molecule has 14 heavy (non-hydrogen) atoms. The van der Waals surface area contributed by atoms with Crippen molar-refractivity contribution < 1.29 is 14.3 Å². The van der Waals surface area contributed by atoms with E-state index in [2.05, 4.69) is 4.74 Å². The molecular weight excluding hydrogens is 250 g/mol. The first-order valence-corrected chi connectivity index (χ1v) is 5.15. The fourth-order valence-electron chi connectivity index (χ4n) is 0.863. The number of halogens is 3. The number of ether oxygens (including phenoxy) is 1. The van der Waals surface area contributed by atoms with Gasteiger partial charge in [0.15, 0.2) is 0 Å². The zero-order valence-corrected chi connectivity index (χ0v) is 10.1. The molecule has 0 rings (SSSR count). The normalized spacial score (nSPS) is 13.5. The zero-order valence-electron chi connectivity index (χ0n) is 7.85. The number of carbonyl (C=O) groups excluding carboxylic acids is 2. The van der Waals surface area contributed by atoms with Crippen LogP contribution >= 0.6 is 34.8 Å². The highest BCUT2D eigenvalue weighted by atomic mass is 35.6. The smallest absolute Gasteiger partial charge is 0.313 e. The Morgan fingerprint density at radius 3 is 2.14 bits per heavy atom. The van der Waals surface area contributed by atoms with Crippen molar-refractivity contribution in [3.63, 3.8) is 0 Å². The Kier molecular flexibility index (Phi) is 5.79. The molecule has 0 aromatic carbocycles.